The van der Waals surface area contributed by atoms with E-state index < -0.39 is 29.8 Å². The number of rotatable bonds is 12. The van der Waals surface area contributed by atoms with Gasteiger partial charge in [0, 0.05) is 17.7 Å². The summed E-state index contributed by atoms with van der Waals surface area (Å²) in [4.78, 5) is 47.1. The number of hydrogen-bond donors (Lipinski definition) is 2. The van der Waals surface area contributed by atoms with Crippen molar-refractivity contribution in [2.24, 2.45) is 34.4 Å². The molecule has 3 N–H and O–H groups in total. The number of hydrogen-bond acceptors (Lipinski definition) is 4. The van der Waals surface area contributed by atoms with Crippen molar-refractivity contribution in [2.45, 2.75) is 65.0 Å². The Labute approximate surface area is 237 Å². The fourth-order valence-electron chi connectivity index (χ4n) is 6.05. The van der Waals surface area contributed by atoms with E-state index >= 15 is 0 Å². The zero-order valence-corrected chi connectivity index (χ0v) is 23.7. The van der Waals surface area contributed by atoms with E-state index in [1.165, 1.54) is 25.7 Å². The molecule has 1 fully saturated rings. The van der Waals surface area contributed by atoms with E-state index in [0.717, 1.165) is 23.2 Å². The molecule has 7 nitrogen and oxygen atoms in total. The van der Waals surface area contributed by atoms with E-state index in [0.29, 0.717) is 24.6 Å². The van der Waals surface area contributed by atoms with E-state index in [-0.39, 0.29) is 18.2 Å². The number of carbonyl (C=O) groups excluding carboxylic acids is 3. The zero-order chi connectivity index (χ0) is 28.6. The first-order chi connectivity index (χ1) is 19.3. The highest BCUT2D eigenvalue weighted by molar-refractivity contribution is 6.20. The lowest BCUT2D eigenvalue weighted by Gasteiger charge is -2.29. The highest BCUT2D eigenvalue weighted by Gasteiger charge is 2.37. The molecule has 1 heterocycles. The molecule has 0 saturated heterocycles. The van der Waals surface area contributed by atoms with Crippen LogP contribution in [0.5, 0.6) is 0 Å². The molecule has 3 atom stereocenters. The first-order valence-corrected chi connectivity index (χ1v) is 14.5. The summed E-state index contributed by atoms with van der Waals surface area (Å²) < 4.78 is 0. The quantitative estimate of drug-likeness (QED) is 0.359. The maximum atomic E-state index is 14.2. The molecule has 3 unspecified atom stereocenters. The van der Waals surface area contributed by atoms with Crippen molar-refractivity contribution in [3.05, 3.63) is 78.4 Å². The van der Waals surface area contributed by atoms with Crippen molar-refractivity contribution < 1.29 is 14.4 Å². The van der Waals surface area contributed by atoms with Gasteiger partial charge in [-0.3, -0.25) is 14.4 Å². The molecule has 1 aliphatic heterocycles. The number of para-hydroxylation sites is 1. The topological polar surface area (TPSA) is 105 Å². The third-order valence-corrected chi connectivity index (χ3v) is 8.10. The molecule has 1 aliphatic carbocycles. The second-order valence-electron chi connectivity index (χ2n) is 11.5. The number of amides is 3. The number of benzodiazepines with no additional fused rings is 1. The van der Waals surface area contributed by atoms with Crippen molar-refractivity contribution in [2.75, 3.05) is 11.4 Å². The summed E-state index contributed by atoms with van der Waals surface area (Å²) in [6, 6.07) is 17.5. The van der Waals surface area contributed by atoms with Crippen molar-refractivity contribution in [1.82, 2.24) is 5.32 Å². The van der Waals surface area contributed by atoms with Crippen LogP contribution in [0.4, 0.5) is 5.69 Å². The molecular weight excluding hydrogens is 500 g/mol. The van der Waals surface area contributed by atoms with Crippen LogP contribution in [-0.4, -0.2) is 36.1 Å². The Morgan fingerprint density at radius 2 is 1.75 bits per heavy atom. The van der Waals surface area contributed by atoms with Crippen molar-refractivity contribution in [3.63, 3.8) is 0 Å². The highest BCUT2D eigenvalue weighted by Crippen LogP contribution is 2.32. The summed E-state index contributed by atoms with van der Waals surface area (Å²) in [7, 11) is 0. The average molecular weight is 543 g/mol. The number of benzene rings is 2. The molecule has 2 aromatic rings. The zero-order valence-electron chi connectivity index (χ0n) is 23.7. The number of nitrogens with two attached hydrogens (primary N) is 1. The number of primary amides is 1. The molecule has 0 radical (unpaired) electrons. The molecule has 4 rings (SSSR count). The molecule has 212 valence electrons. The molecule has 1 saturated carbocycles. The van der Waals surface area contributed by atoms with Crippen LogP contribution < -0.4 is 16.0 Å². The van der Waals surface area contributed by atoms with Gasteiger partial charge < -0.3 is 16.0 Å². The minimum absolute atomic E-state index is 0.141. The van der Waals surface area contributed by atoms with Crippen LogP contribution >= 0.6 is 0 Å². The summed E-state index contributed by atoms with van der Waals surface area (Å²) >= 11 is 0. The maximum Gasteiger partial charge on any atom is 0.272 e. The summed E-state index contributed by atoms with van der Waals surface area (Å²) in [6.45, 7) is 8.30. The summed E-state index contributed by atoms with van der Waals surface area (Å²) in [5.41, 5.74) is 8.89. The van der Waals surface area contributed by atoms with Gasteiger partial charge in [-0.05, 0) is 37.2 Å². The summed E-state index contributed by atoms with van der Waals surface area (Å²) in [5.74, 6) is -1.89. The van der Waals surface area contributed by atoms with E-state index in [2.05, 4.69) is 11.9 Å². The Morgan fingerprint density at radius 1 is 1.07 bits per heavy atom. The maximum absolute atomic E-state index is 14.2. The van der Waals surface area contributed by atoms with Gasteiger partial charge in [-0.15, -0.1) is 6.58 Å². The average Bonchev–Trinajstić information content (AvgIpc) is 3.43. The molecule has 3 amide bonds. The molecular formula is C33H42N4O3. The Bertz CT molecular complexity index is 1230. The van der Waals surface area contributed by atoms with Crippen molar-refractivity contribution in [1.29, 1.82) is 0 Å². The van der Waals surface area contributed by atoms with Crippen LogP contribution in [0.25, 0.3) is 0 Å². The van der Waals surface area contributed by atoms with Crippen molar-refractivity contribution in [3.8, 4) is 0 Å². The number of allylic oxidation sites excluding steroid dienone is 1. The van der Waals surface area contributed by atoms with E-state index in [4.69, 9.17) is 10.7 Å². The van der Waals surface area contributed by atoms with Crippen LogP contribution in [0.2, 0.25) is 0 Å². The monoisotopic (exact) mass is 542 g/mol. The van der Waals surface area contributed by atoms with Crippen LogP contribution in [0.3, 0.4) is 0 Å². The smallest absolute Gasteiger partial charge is 0.272 e. The van der Waals surface area contributed by atoms with Gasteiger partial charge in [0.05, 0.1) is 23.2 Å². The minimum atomic E-state index is -1.13. The van der Waals surface area contributed by atoms with Gasteiger partial charge in [0.2, 0.25) is 18.0 Å². The van der Waals surface area contributed by atoms with Crippen LogP contribution in [0, 0.1) is 23.7 Å². The lowest BCUT2D eigenvalue weighted by molar-refractivity contribution is -0.135. The molecule has 40 heavy (non-hydrogen) atoms. The molecule has 7 heteroatoms. The summed E-state index contributed by atoms with van der Waals surface area (Å²) in [5, 5.41) is 2.94. The first-order valence-electron chi connectivity index (χ1n) is 14.5. The van der Waals surface area contributed by atoms with E-state index in [1.54, 1.807) is 11.0 Å². The van der Waals surface area contributed by atoms with Gasteiger partial charge in [0.25, 0.3) is 5.91 Å². The predicted molar refractivity (Wildman–Crippen MR) is 160 cm³/mol. The highest BCUT2D eigenvalue weighted by atomic mass is 16.2. The number of fused-ring (bicyclic) bond motifs is 1. The predicted octanol–water partition coefficient (Wildman–Crippen LogP) is 5.23. The number of aliphatic imine (C=N–C) groups is 1. The third kappa shape index (κ3) is 6.87. The Kier molecular flexibility index (Phi) is 9.91. The normalized spacial score (nSPS) is 19.0. The SMILES string of the molecule is C=CCC(C(N)=O)C(CC(C)C)C(=O)NC1N=C(c2ccccc2)c2ccccc2N(CCC2CCCC2)C1=O. The van der Waals surface area contributed by atoms with Crippen LogP contribution in [0.1, 0.15) is 69.9 Å². The fourth-order valence-corrected chi connectivity index (χ4v) is 6.05. The second kappa shape index (κ2) is 13.6. The number of carbonyl (C=O) groups is 3. The van der Waals surface area contributed by atoms with Crippen LogP contribution in [-0.2, 0) is 14.4 Å². The Hall–Kier alpha value is -3.74. The standard InChI is InChI=1S/C33H42N4O3/c1-4-12-25(30(34)38)27(21-22(2)3)32(39)36-31-33(40)37(20-19-23-13-8-9-14-23)28-18-11-10-17-26(28)29(35-31)24-15-6-5-7-16-24/h4-7,10-11,15-18,22-23,25,27,31H,1,8-9,12-14,19-21H2,2-3H3,(H2,34,38)(H,36,39). The van der Waals surface area contributed by atoms with Gasteiger partial charge in [-0.25, -0.2) is 4.99 Å². The van der Waals surface area contributed by atoms with Gasteiger partial charge >= 0.3 is 0 Å². The second-order valence-corrected chi connectivity index (χ2v) is 11.5. The van der Waals surface area contributed by atoms with Gasteiger partial charge in [-0.1, -0.05) is 94.1 Å². The van der Waals surface area contributed by atoms with Gasteiger partial charge in [-0.2, -0.15) is 0 Å². The Morgan fingerprint density at radius 3 is 2.40 bits per heavy atom. The Balaban J connectivity index is 1.74. The number of anilines is 1. The molecule has 0 aromatic heterocycles. The van der Waals surface area contributed by atoms with Gasteiger partial charge in [0.1, 0.15) is 0 Å². The van der Waals surface area contributed by atoms with Gasteiger partial charge in [0.15, 0.2) is 0 Å². The summed E-state index contributed by atoms with van der Waals surface area (Å²) in [6.07, 6.45) is 6.96. The van der Waals surface area contributed by atoms with E-state index in [9.17, 15) is 14.4 Å². The lowest BCUT2D eigenvalue weighted by atomic mass is 9.82. The first kappa shape index (κ1) is 29.2. The molecule has 2 aliphatic rings. The van der Waals surface area contributed by atoms with Crippen LogP contribution in [0.15, 0.2) is 72.2 Å². The number of nitrogens with one attached hydrogen (secondary N) is 1. The lowest BCUT2D eigenvalue weighted by Crippen LogP contribution is -2.51. The van der Waals surface area contributed by atoms with E-state index in [1.807, 2.05) is 68.4 Å². The molecule has 2 aromatic carbocycles. The number of nitrogens with zero attached hydrogens (tertiary/aromatic N) is 2. The van der Waals surface area contributed by atoms with Crippen molar-refractivity contribution >= 4 is 29.1 Å². The fraction of sp³-hybridized carbons (Fsp3) is 0.455. The largest absolute Gasteiger partial charge is 0.369 e. The minimum Gasteiger partial charge on any atom is -0.369 e. The third-order valence-electron chi connectivity index (χ3n) is 8.10. The molecule has 0 spiro atoms. The molecule has 0 bridgehead atoms.